The monoisotopic (exact) mass is 1000 g/mol. The lowest BCUT2D eigenvalue weighted by Gasteiger charge is -2.51. The number of aliphatic hydroxyl groups is 18. The van der Waals surface area contributed by atoms with E-state index in [1.165, 1.54) is 0 Å². The van der Waals surface area contributed by atoms with E-state index in [1.807, 2.05) is 0 Å². The minimum Gasteiger partial charge on any atom is -0.394 e. The second-order valence-corrected chi connectivity index (χ2v) is 17.1. The van der Waals surface area contributed by atoms with Crippen LogP contribution in [0.3, 0.4) is 0 Å². The van der Waals surface area contributed by atoms with Crippen LogP contribution in [-0.2, 0) is 61.6 Å². The molecule has 22 fully saturated rings. The van der Waals surface area contributed by atoms with Gasteiger partial charge in [-0.15, -0.1) is 0 Å². The molecule has 396 valence electrons. The van der Waals surface area contributed by atoms with Gasteiger partial charge in [0.15, 0.2) is 37.7 Å². The molecule has 0 aromatic heterocycles. The van der Waals surface area contributed by atoms with Gasteiger partial charge in [-0.3, -0.25) is 0 Å². The number of aliphatic hydroxyl groups excluding tert-OH is 18. The van der Waals surface area contributed by atoms with Crippen LogP contribution in [0.25, 0.3) is 0 Å². The second kappa shape index (κ2) is 23.3. The Kier molecular flexibility index (Phi) is 18.7. The minimum atomic E-state index is -2.16. The van der Waals surface area contributed by atoms with Crippen molar-refractivity contribution in [2.45, 2.75) is 184 Å². The van der Waals surface area contributed by atoms with Crippen LogP contribution >= 0.6 is 0 Å². The van der Waals surface area contributed by atoms with E-state index in [9.17, 15) is 91.9 Å². The van der Waals surface area contributed by atoms with Crippen molar-refractivity contribution in [2.75, 3.05) is 46.4 Å². The van der Waals surface area contributed by atoms with E-state index in [0.717, 1.165) is 0 Å². The molecule has 0 amide bonds. The second-order valence-electron chi connectivity index (χ2n) is 17.1. The van der Waals surface area contributed by atoms with Gasteiger partial charge in [-0.05, 0) is 0 Å². The van der Waals surface area contributed by atoms with Crippen LogP contribution in [0.2, 0.25) is 0 Å². The summed E-state index contributed by atoms with van der Waals surface area (Å²) >= 11 is 0. The maximum atomic E-state index is 11.5. The smallest absolute Gasteiger partial charge is 0.187 e. The van der Waals surface area contributed by atoms with Gasteiger partial charge in [-0.2, -0.15) is 0 Å². The van der Waals surface area contributed by atoms with Crippen molar-refractivity contribution in [3.63, 3.8) is 0 Å². The third-order valence-corrected chi connectivity index (χ3v) is 12.9. The van der Waals surface area contributed by atoms with Crippen molar-refractivity contribution < 1.29 is 153 Å². The zero-order valence-electron chi connectivity index (χ0n) is 35.6. The van der Waals surface area contributed by atoms with E-state index in [2.05, 4.69) is 0 Å². The SMILES string of the molecule is OCO[C@@H]1[C@@H](O)[C@H]2O[C@H]3[C@H](O)[C@@H](O)[C@@H](O[C@H]4[C@H](O)[C@@H](O)[C@@H](O[C@H]5[C@H](O)[C@@H](O)[C@@H](O[C@H]6[C@H](O)[C@@H](O)[C@@H](O[C@H]7[C@H](O)[C@@H](O)[C@@H](O[C@H]1[C@@H](CO)O2)O[C@@H]7CO)O[C@@H]6CO)O[C@@H]5CO)O[C@@H]4CO)O[C@@H]3CO. The zero-order chi connectivity index (χ0) is 49.5. The Morgan fingerprint density at radius 1 is 0.235 bits per heavy atom. The van der Waals surface area contributed by atoms with Crippen molar-refractivity contribution in [3.05, 3.63) is 0 Å². The van der Waals surface area contributed by atoms with Crippen LogP contribution < -0.4 is 0 Å². The number of rotatable bonds is 8. The quantitative estimate of drug-likeness (QED) is 0.100. The van der Waals surface area contributed by atoms with Crippen molar-refractivity contribution in [1.29, 1.82) is 0 Å². The summed E-state index contributed by atoms with van der Waals surface area (Å²) < 4.78 is 73.8. The highest BCUT2D eigenvalue weighted by Crippen LogP contribution is 2.38. The van der Waals surface area contributed by atoms with Crippen molar-refractivity contribution in [2.24, 2.45) is 0 Å². The van der Waals surface area contributed by atoms with Crippen LogP contribution in [0.1, 0.15) is 0 Å². The highest BCUT2D eigenvalue weighted by atomic mass is 16.8. The fourth-order valence-electron chi connectivity index (χ4n) is 9.19. The van der Waals surface area contributed by atoms with E-state index in [1.54, 1.807) is 0 Å². The van der Waals surface area contributed by atoms with Gasteiger partial charge < -0.3 is 153 Å². The van der Waals surface area contributed by atoms with E-state index in [-0.39, 0.29) is 0 Å². The summed E-state index contributed by atoms with van der Waals surface area (Å²) in [4.78, 5) is 0. The third-order valence-electron chi connectivity index (χ3n) is 12.9. The zero-order valence-corrected chi connectivity index (χ0v) is 35.6. The summed E-state index contributed by atoms with van der Waals surface area (Å²) in [6.07, 6.45) is -58.1. The van der Waals surface area contributed by atoms with Gasteiger partial charge >= 0.3 is 0 Å². The molecule has 31 heteroatoms. The number of ether oxygens (including phenoxy) is 13. The first kappa shape index (κ1) is 54.5. The summed E-state index contributed by atoms with van der Waals surface area (Å²) in [5, 5.41) is 196. The Labute approximate surface area is 384 Å². The maximum absolute atomic E-state index is 11.5. The molecule has 0 saturated carbocycles. The van der Waals surface area contributed by atoms with Crippen LogP contribution in [0.4, 0.5) is 0 Å². The molecule has 30 atom stereocenters. The van der Waals surface area contributed by atoms with E-state index in [4.69, 9.17) is 61.6 Å². The predicted octanol–water partition coefficient (Wildman–Crippen LogP) is -13.1. The summed E-state index contributed by atoms with van der Waals surface area (Å²) in [6, 6.07) is 0. The molecule has 22 saturated heterocycles. The van der Waals surface area contributed by atoms with Crippen LogP contribution in [0.5, 0.6) is 0 Å². The van der Waals surface area contributed by atoms with Gasteiger partial charge in [0.05, 0.1) is 39.6 Å². The first-order valence-electron chi connectivity index (χ1n) is 21.7. The Bertz CT molecular complexity index is 1550. The Hall–Kier alpha value is -1.24. The average molecular weight is 1000 g/mol. The van der Waals surface area contributed by atoms with Crippen LogP contribution in [-0.4, -0.2) is 323 Å². The van der Waals surface area contributed by atoms with Gasteiger partial charge in [0.1, 0.15) is 153 Å². The van der Waals surface area contributed by atoms with Gasteiger partial charge in [0.25, 0.3) is 0 Å². The molecule has 0 unspecified atom stereocenters. The Morgan fingerprint density at radius 2 is 0.426 bits per heavy atom. The Balaban J connectivity index is 1.21. The van der Waals surface area contributed by atoms with Crippen molar-refractivity contribution in [1.82, 2.24) is 0 Å². The summed E-state index contributed by atoms with van der Waals surface area (Å²) in [5.74, 6) is 0. The number of hydrogen-bond donors (Lipinski definition) is 18. The summed E-state index contributed by atoms with van der Waals surface area (Å²) in [5.41, 5.74) is 0. The van der Waals surface area contributed by atoms with Gasteiger partial charge in [-0.1, -0.05) is 0 Å². The maximum Gasteiger partial charge on any atom is 0.187 e. The fourth-order valence-corrected chi connectivity index (χ4v) is 9.19. The first-order chi connectivity index (χ1) is 32.5. The summed E-state index contributed by atoms with van der Waals surface area (Å²) in [7, 11) is 0. The van der Waals surface area contributed by atoms with Gasteiger partial charge in [0.2, 0.25) is 0 Å². The standard InChI is InChI=1S/C37H62O31/c38-1-8-25-14(45)19(50)32(57-8)64-26-9(2-39)59-34(21(52)16(26)47)66-28-11(4-41)61-36(23(54)18(28)49)68-30-13(6-43)62-37(24(55)31(30)56-7-44)67-29-12(5-42)60-35(22(53)17(29)48)65-27-10(3-40)58-33(63-25)20(51)15(27)46/h8-55H,1-7H2/t8-,9-,10-,11-,12-,13-,14-,15-,16-,17-,18-,19-,20-,21-,22-,23-,24-,25-,26-,27-,28-,29-,30+,31-,32-,33-,34-,35-,36-,37-/m1/s1. The van der Waals surface area contributed by atoms with Crippen molar-refractivity contribution in [3.8, 4) is 0 Å². The summed E-state index contributed by atoms with van der Waals surface area (Å²) in [6.45, 7) is -7.14. The molecular weight excluding hydrogens is 940 g/mol. The highest BCUT2D eigenvalue weighted by molar-refractivity contribution is 5.01. The molecule has 22 heterocycles. The average Bonchev–Trinajstić information content (AvgIpc) is 3.33. The lowest BCUT2D eigenvalue weighted by Crippen LogP contribution is -2.69. The molecule has 31 nitrogen and oxygen atoms in total. The lowest BCUT2D eigenvalue weighted by atomic mass is 9.94. The molecular formula is C37H62O31. The van der Waals surface area contributed by atoms with E-state index >= 15 is 0 Å². The normalized spacial score (nSPS) is 54.1. The van der Waals surface area contributed by atoms with Crippen molar-refractivity contribution >= 4 is 0 Å². The molecule has 22 rings (SSSR count). The molecule has 18 N–H and O–H groups in total. The molecule has 0 radical (unpaired) electrons. The van der Waals surface area contributed by atoms with Crippen LogP contribution in [0.15, 0.2) is 0 Å². The van der Waals surface area contributed by atoms with Crippen LogP contribution in [0, 0.1) is 0 Å². The third kappa shape index (κ3) is 10.6. The van der Waals surface area contributed by atoms with Gasteiger partial charge in [-0.25, -0.2) is 0 Å². The van der Waals surface area contributed by atoms with E-state index in [0.29, 0.717) is 0 Å². The highest BCUT2D eigenvalue weighted by Gasteiger charge is 2.59. The molecule has 0 aromatic carbocycles. The minimum absolute atomic E-state index is 0.991. The molecule has 0 aromatic rings. The first-order valence-corrected chi connectivity index (χ1v) is 21.7. The molecule has 12 bridgehead atoms. The molecule has 22 aliphatic rings. The lowest BCUT2D eigenvalue weighted by molar-refractivity contribution is -0.405. The topological polar surface area (TPSA) is 484 Å². The predicted molar refractivity (Wildman–Crippen MR) is 202 cm³/mol. The Morgan fingerprint density at radius 3 is 0.632 bits per heavy atom. The molecule has 22 aliphatic heterocycles. The number of hydrogen-bond acceptors (Lipinski definition) is 31. The largest absolute Gasteiger partial charge is 0.394 e. The molecule has 68 heavy (non-hydrogen) atoms. The fraction of sp³-hybridized carbons (Fsp3) is 1.00. The molecule has 0 aliphatic carbocycles. The molecule has 0 spiro atoms. The van der Waals surface area contributed by atoms with E-state index < -0.39 is 231 Å². The van der Waals surface area contributed by atoms with Gasteiger partial charge in [0, 0.05) is 0 Å².